The largest absolute Gasteiger partial charge is 0.310 e. The Morgan fingerprint density at radius 2 is 0.691 bits per heavy atom. The van der Waals surface area contributed by atoms with Crippen LogP contribution in [-0.4, -0.2) is 16.9 Å². The molecule has 15 aromatic rings. The summed E-state index contributed by atoms with van der Waals surface area (Å²) in [5, 5.41) is 11.5. The van der Waals surface area contributed by atoms with Crippen molar-refractivity contribution in [1.82, 2.24) is 8.80 Å². The van der Waals surface area contributed by atoms with E-state index in [4.69, 9.17) is 0 Å². The Labute approximate surface area is 475 Å². The molecule has 0 fully saturated rings. The van der Waals surface area contributed by atoms with Crippen molar-refractivity contribution in [1.29, 1.82) is 0 Å². The average Bonchev–Trinajstić information content (AvgIpc) is 2.28. The van der Waals surface area contributed by atoms with Crippen LogP contribution >= 0.6 is 0 Å². The van der Waals surface area contributed by atoms with E-state index in [0.29, 0.717) is 11.8 Å². The zero-order valence-electron chi connectivity index (χ0n) is 47.4. The minimum absolute atomic E-state index is 0.437. The van der Waals surface area contributed by atoms with E-state index in [1.54, 1.807) is 0 Å². The van der Waals surface area contributed by atoms with Crippen LogP contribution < -0.4 is 15.0 Å². The predicted molar refractivity (Wildman–Crippen MR) is 352 cm³/mol. The lowest BCUT2D eigenvalue weighted by atomic mass is 9.89. The van der Waals surface area contributed by atoms with Gasteiger partial charge in [0.15, 0.2) is 0 Å². The van der Waals surface area contributed by atoms with Crippen molar-refractivity contribution in [2.45, 2.75) is 66.1 Å². The van der Waals surface area contributed by atoms with Crippen molar-refractivity contribution in [3.8, 4) is 22.3 Å². The molecule has 0 N–H and O–H groups in total. The van der Waals surface area contributed by atoms with Crippen molar-refractivity contribution < 1.29 is 0 Å². The summed E-state index contributed by atoms with van der Waals surface area (Å²) in [6.07, 6.45) is 0. The molecule has 4 heterocycles. The molecule has 0 unspecified atom stereocenters. The number of benzene rings is 11. The molecule has 0 atom stereocenters. The Hall–Kier alpha value is -9.16. The first kappa shape index (κ1) is 48.9. The minimum Gasteiger partial charge on any atom is -0.310 e. The highest BCUT2D eigenvalue weighted by atomic mass is 28.3. The fourth-order valence-corrected chi connectivity index (χ4v) is 14.6. The minimum atomic E-state index is -1.55. The first-order valence-electron chi connectivity index (χ1n) is 28.9. The van der Waals surface area contributed by atoms with E-state index in [1.807, 2.05) is 0 Å². The summed E-state index contributed by atoms with van der Waals surface area (Å²) >= 11 is 0. The van der Waals surface area contributed by atoms with Crippen LogP contribution in [0.25, 0.3) is 98.4 Å². The third-order valence-corrected chi connectivity index (χ3v) is 19.6. The zero-order chi connectivity index (χ0) is 55.0. The summed E-state index contributed by atoms with van der Waals surface area (Å²) in [5.74, 6) is 0.876. The maximum absolute atomic E-state index is 2.65. The molecule has 5 heteroatoms. The summed E-state index contributed by atoms with van der Waals surface area (Å²) in [5.41, 5.74) is 22.9. The van der Waals surface area contributed by atoms with Crippen LogP contribution in [0.3, 0.4) is 0 Å². The SMILES string of the molecule is Cc1ccc(N(c2ccc(C(C)C)cc2)c2ccc3c4cccc5c6c(-c7ccccc7)c7c(c(-c8ccccc8)c6n(c3c2)c45)c2cccc3c4ccc(N(c5ccc(C(C)C)cc5)c5ccc([Si](C)(C)C)cc5)cc4n7c32)cc1. The van der Waals surface area contributed by atoms with Crippen molar-refractivity contribution in [3.63, 3.8) is 0 Å². The molecule has 0 aliphatic carbocycles. The van der Waals surface area contributed by atoms with Gasteiger partial charge in [-0.15, -0.1) is 0 Å². The van der Waals surface area contributed by atoms with Gasteiger partial charge in [-0.1, -0.05) is 216 Å². The lowest BCUT2D eigenvalue weighted by Crippen LogP contribution is -2.37. The van der Waals surface area contributed by atoms with Crippen LogP contribution in [0.1, 0.15) is 56.2 Å². The van der Waals surface area contributed by atoms with Gasteiger partial charge in [0.1, 0.15) is 0 Å². The molecule has 15 rings (SSSR count). The molecule has 392 valence electrons. The maximum atomic E-state index is 2.65. The molecule has 0 spiro atoms. The van der Waals surface area contributed by atoms with E-state index in [2.05, 4.69) is 303 Å². The quantitative estimate of drug-likeness (QED) is 0.120. The summed E-state index contributed by atoms with van der Waals surface area (Å²) in [6, 6.07) is 87.6. The molecule has 0 saturated heterocycles. The van der Waals surface area contributed by atoms with Crippen LogP contribution in [0.2, 0.25) is 19.6 Å². The first-order chi connectivity index (χ1) is 39.4. The molecule has 4 nitrogen and oxygen atoms in total. The molecule has 0 aliphatic heterocycles. The molecular formula is C76H64N4Si. The highest BCUT2D eigenvalue weighted by molar-refractivity contribution is 6.88. The van der Waals surface area contributed by atoms with Gasteiger partial charge in [0.05, 0.1) is 41.2 Å². The summed E-state index contributed by atoms with van der Waals surface area (Å²) < 4.78 is 5.29. The molecule has 0 aliphatic rings. The van der Waals surface area contributed by atoms with Crippen molar-refractivity contribution in [3.05, 3.63) is 247 Å². The molecular weight excluding hydrogens is 997 g/mol. The number of para-hydroxylation sites is 2. The van der Waals surface area contributed by atoms with E-state index in [0.717, 1.165) is 34.1 Å². The molecule has 11 aromatic carbocycles. The van der Waals surface area contributed by atoms with Gasteiger partial charge in [-0.25, -0.2) is 0 Å². The Morgan fingerprint density at radius 3 is 1.07 bits per heavy atom. The second-order valence-corrected chi connectivity index (χ2v) is 29.3. The molecule has 0 saturated carbocycles. The van der Waals surface area contributed by atoms with Gasteiger partial charge in [-0.2, -0.15) is 0 Å². The molecule has 0 bridgehead atoms. The van der Waals surface area contributed by atoms with Crippen LogP contribution in [-0.2, 0) is 0 Å². The molecule has 81 heavy (non-hydrogen) atoms. The molecule has 0 radical (unpaired) electrons. The fourth-order valence-electron chi connectivity index (χ4n) is 13.4. The van der Waals surface area contributed by atoms with E-state index in [9.17, 15) is 0 Å². The van der Waals surface area contributed by atoms with Gasteiger partial charge in [0.25, 0.3) is 0 Å². The van der Waals surface area contributed by atoms with Crippen molar-refractivity contribution in [2.75, 3.05) is 9.80 Å². The van der Waals surface area contributed by atoms with Crippen LogP contribution in [0.15, 0.2) is 231 Å². The average molecular weight is 1060 g/mol. The summed E-state index contributed by atoms with van der Waals surface area (Å²) in [4.78, 5) is 4.89. The molecule has 4 aromatic heterocycles. The number of rotatable bonds is 11. The van der Waals surface area contributed by atoms with E-state index < -0.39 is 8.07 Å². The van der Waals surface area contributed by atoms with Gasteiger partial charge in [-0.3, -0.25) is 0 Å². The number of hydrogen-bond acceptors (Lipinski definition) is 2. The second kappa shape index (κ2) is 18.5. The highest BCUT2D eigenvalue weighted by Gasteiger charge is 2.31. The van der Waals surface area contributed by atoms with E-state index in [1.165, 1.54) is 120 Å². The summed E-state index contributed by atoms with van der Waals surface area (Å²) in [7, 11) is -1.55. The number of aromatic nitrogens is 2. The fraction of sp³-hybridized carbons (Fsp3) is 0.132. The maximum Gasteiger partial charge on any atom is 0.0775 e. The topological polar surface area (TPSA) is 15.3 Å². The zero-order valence-corrected chi connectivity index (χ0v) is 48.4. The smallest absolute Gasteiger partial charge is 0.0775 e. The van der Waals surface area contributed by atoms with E-state index >= 15 is 0 Å². The number of aryl methyl sites for hydroxylation is 1. The van der Waals surface area contributed by atoms with Gasteiger partial charge in [-0.05, 0) is 114 Å². The van der Waals surface area contributed by atoms with Gasteiger partial charge >= 0.3 is 0 Å². The lowest BCUT2D eigenvalue weighted by Gasteiger charge is -2.27. The number of anilines is 6. The van der Waals surface area contributed by atoms with Crippen molar-refractivity contribution in [2.24, 2.45) is 0 Å². The Bertz CT molecular complexity index is 4870. The van der Waals surface area contributed by atoms with Crippen molar-refractivity contribution >= 4 is 124 Å². The van der Waals surface area contributed by atoms with Gasteiger partial charge < -0.3 is 18.6 Å². The molecule has 0 amide bonds. The summed E-state index contributed by atoms with van der Waals surface area (Å²) in [6.45, 7) is 18.5. The van der Waals surface area contributed by atoms with Gasteiger partial charge in [0, 0.05) is 88.3 Å². The highest BCUT2D eigenvalue weighted by Crippen LogP contribution is 2.55. The van der Waals surface area contributed by atoms with Crippen LogP contribution in [0, 0.1) is 6.92 Å². The first-order valence-corrected chi connectivity index (χ1v) is 32.4. The Balaban J connectivity index is 1.08. The van der Waals surface area contributed by atoms with Gasteiger partial charge in [0.2, 0.25) is 0 Å². The van der Waals surface area contributed by atoms with Crippen LogP contribution in [0.4, 0.5) is 34.1 Å². The predicted octanol–water partition coefficient (Wildman–Crippen LogP) is 21.4. The van der Waals surface area contributed by atoms with E-state index in [-0.39, 0.29) is 0 Å². The monoisotopic (exact) mass is 1060 g/mol. The lowest BCUT2D eigenvalue weighted by molar-refractivity contribution is 0.866. The Morgan fingerprint density at radius 1 is 0.333 bits per heavy atom. The third kappa shape index (κ3) is 7.55. The Kier molecular flexibility index (Phi) is 11.1. The number of hydrogen-bond donors (Lipinski definition) is 0. The second-order valence-electron chi connectivity index (χ2n) is 24.2. The normalized spacial score (nSPS) is 12.4. The van der Waals surface area contributed by atoms with Crippen LogP contribution in [0.5, 0.6) is 0 Å². The standard InChI is InChI=1S/C76H64N4Si/c1-47(2)50-27-33-55(34-28-50)77(54-31-25-49(5)26-32-54)58-39-43-61-63-21-15-23-65-71-70(53-19-13-10-14-20-53)76-72(69(52-17-11-9-12-18-52)75(71)79(73(63)65)67(61)45-58)66-24-16-22-64-62-44-40-59(46-68(62)80(76)74(64)66)78(56-35-29-51(30-36-56)48(3)4)57-37-41-60(42-38-57)81(6,7)8/h9-48H,1-8H3. The number of fused-ring (bicyclic) bond motifs is 12. The number of nitrogens with zero attached hydrogens (tertiary/aromatic N) is 4. The third-order valence-electron chi connectivity index (χ3n) is 17.5.